The van der Waals surface area contributed by atoms with Crippen molar-refractivity contribution >= 4 is 25.2 Å². The van der Waals surface area contributed by atoms with Gasteiger partial charge in [0.15, 0.2) is 5.78 Å². The van der Waals surface area contributed by atoms with Crippen LogP contribution < -0.4 is 0 Å². The Morgan fingerprint density at radius 2 is 1.71 bits per heavy atom. The molecule has 3 aromatic rings. The van der Waals surface area contributed by atoms with Crippen molar-refractivity contribution < 1.29 is 28.5 Å². The van der Waals surface area contributed by atoms with E-state index in [0.29, 0.717) is 23.2 Å². The van der Waals surface area contributed by atoms with E-state index >= 15 is 0 Å². The maximum atomic E-state index is 13.6. The molecule has 8 heteroatoms. The van der Waals surface area contributed by atoms with Gasteiger partial charge in [0.25, 0.3) is 0 Å². The van der Waals surface area contributed by atoms with Gasteiger partial charge in [0.1, 0.15) is 12.2 Å². The van der Waals surface area contributed by atoms with Gasteiger partial charge in [-0.25, -0.2) is 4.39 Å². The number of ketones is 1. The highest BCUT2D eigenvalue weighted by Crippen LogP contribution is 2.44. The van der Waals surface area contributed by atoms with Crippen molar-refractivity contribution in [3.63, 3.8) is 0 Å². The number of nitrogens with zero attached hydrogens (tertiary/aromatic N) is 1. The topological polar surface area (TPSA) is 105 Å². The molecule has 0 fully saturated rings. The smallest absolute Gasteiger partial charge is 0.310 e. The lowest BCUT2D eigenvalue weighted by atomic mass is 9.90. The molecule has 0 aliphatic heterocycles. The van der Waals surface area contributed by atoms with Crippen LogP contribution in [-0.2, 0) is 20.6 Å². The van der Waals surface area contributed by atoms with Crippen LogP contribution in [0.4, 0.5) is 4.39 Å². The van der Waals surface area contributed by atoms with E-state index < -0.39 is 31.7 Å². The van der Waals surface area contributed by atoms with Crippen LogP contribution in [0.3, 0.4) is 0 Å². The van der Waals surface area contributed by atoms with Crippen LogP contribution in [0, 0.1) is 12.7 Å². The first-order valence-electron chi connectivity index (χ1n) is 10.7. The Bertz CT molecular complexity index is 1290. The number of hydrogen-bond acceptors (Lipinski definition) is 4. The number of aromatic nitrogens is 1. The van der Waals surface area contributed by atoms with Crippen LogP contribution in [0.1, 0.15) is 30.2 Å². The molecule has 1 atom stereocenters. The summed E-state index contributed by atoms with van der Waals surface area (Å²) in [5.74, 6) is -1.51. The Balaban J connectivity index is 2.17. The molecule has 2 aromatic carbocycles. The number of aryl methyl sites for hydroxylation is 1. The van der Waals surface area contributed by atoms with Crippen LogP contribution in [0.5, 0.6) is 0 Å². The number of rotatable bonds is 9. The molecule has 0 amide bonds. The van der Waals surface area contributed by atoms with Crippen LogP contribution in [0.25, 0.3) is 28.5 Å². The van der Waals surface area contributed by atoms with E-state index in [1.54, 1.807) is 12.1 Å². The Labute approximate surface area is 197 Å². The van der Waals surface area contributed by atoms with Gasteiger partial charge in [-0.2, -0.15) is 0 Å². The van der Waals surface area contributed by atoms with Gasteiger partial charge in [-0.3, -0.25) is 19.1 Å². The fourth-order valence-electron chi connectivity index (χ4n) is 3.78. The largest absolute Gasteiger partial charge is 0.481 e. The van der Waals surface area contributed by atoms with E-state index in [9.17, 15) is 23.4 Å². The standard InChI is InChI=1S/C26H25FNO5P/c1-3-23-22(13-14-34(32,33)16-21(29)15-24(30)31)25(18-9-11-20(27)12-10-18)17(2)26(28-23)19-7-5-4-6-8-19/h4-14H,3,15-16H2,1-2H3,(H,30,31)(H,32,33). The molecule has 0 aliphatic rings. The molecule has 0 aliphatic carbocycles. The van der Waals surface area contributed by atoms with Crippen LogP contribution >= 0.6 is 7.37 Å². The minimum atomic E-state index is -4.09. The number of carboxylic acid groups (broad SMARTS) is 1. The molecule has 0 radical (unpaired) electrons. The van der Waals surface area contributed by atoms with Crippen molar-refractivity contribution in [3.8, 4) is 22.4 Å². The molecule has 1 aromatic heterocycles. The number of carboxylic acids is 1. The highest BCUT2D eigenvalue weighted by molar-refractivity contribution is 7.62. The number of benzene rings is 2. The molecule has 0 bridgehead atoms. The van der Waals surface area contributed by atoms with E-state index in [1.807, 2.05) is 44.2 Å². The molecule has 0 saturated carbocycles. The summed E-state index contributed by atoms with van der Waals surface area (Å²) in [6.45, 7) is 3.80. The zero-order valence-electron chi connectivity index (χ0n) is 18.9. The van der Waals surface area contributed by atoms with Crippen molar-refractivity contribution in [2.75, 3.05) is 6.16 Å². The SMILES string of the molecule is CCc1nc(-c2ccccc2)c(C)c(-c2ccc(F)cc2)c1C=CP(=O)(O)CC(=O)CC(=O)O. The zero-order valence-corrected chi connectivity index (χ0v) is 19.8. The number of Topliss-reactive ketones (excluding diaryl/α,β-unsaturated/α-hetero) is 1. The van der Waals surface area contributed by atoms with Gasteiger partial charge in [0, 0.05) is 22.6 Å². The molecular weight excluding hydrogens is 456 g/mol. The minimum Gasteiger partial charge on any atom is -0.481 e. The Morgan fingerprint density at radius 3 is 2.29 bits per heavy atom. The van der Waals surface area contributed by atoms with Gasteiger partial charge >= 0.3 is 5.97 Å². The second-order valence-corrected chi connectivity index (χ2v) is 10.0. The first kappa shape index (κ1) is 25.2. The van der Waals surface area contributed by atoms with E-state index in [1.165, 1.54) is 18.2 Å². The number of aliphatic carboxylic acids is 1. The first-order valence-corrected chi connectivity index (χ1v) is 12.6. The Kier molecular flexibility index (Phi) is 7.92. The number of halogens is 1. The summed E-state index contributed by atoms with van der Waals surface area (Å²) in [5.41, 5.74) is 5.16. The fraction of sp³-hybridized carbons (Fsp3) is 0.192. The predicted molar refractivity (Wildman–Crippen MR) is 130 cm³/mol. The second kappa shape index (κ2) is 10.7. The molecular formula is C26H25FNO5P. The van der Waals surface area contributed by atoms with E-state index in [0.717, 1.165) is 28.2 Å². The average Bonchev–Trinajstić information content (AvgIpc) is 2.78. The van der Waals surface area contributed by atoms with Gasteiger partial charge in [-0.15, -0.1) is 0 Å². The highest BCUT2D eigenvalue weighted by atomic mass is 31.2. The van der Waals surface area contributed by atoms with E-state index in [2.05, 4.69) is 0 Å². The lowest BCUT2D eigenvalue weighted by molar-refractivity contribution is -0.139. The van der Waals surface area contributed by atoms with Crippen LogP contribution in [-0.4, -0.2) is 32.9 Å². The zero-order chi connectivity index (χ0) is 24.9. The van der Waals surface area contributed by atoms with Crippen molar-refractivity contribution in [2.24, 2.45) is 0 Å². The lowest BCUT2D eigenvalue weighted by Gasteiger charge is -2.18. The lowest BCUT2D eigenvalue weighted by Crippen LogP contribution is -2.10. The van der Waals surface area contributed by atoms with Gasteiger partial charge in [0.2, 0.25) is 7.37 Å². The average molecular weight is 481 g/mol. The second-order valence-electron chi connectivity index (χ2n) is 7.89. The number of carbonyl (C=O) groups excluding carboxylic acids is 1. The van der Waals surface area contributed by atoms with Crippen molar-refractivity contribution in [2.45, 2.75) is 26.7 Å². The molecule has 0 spiro atoms. The maximum Gasteiger partial charge on any atom is 0.310 e. The Morgan fingerprint density at radius 1 is 1.06 bits per heavy atom. The monoisotopic (exact) mass is 481 g/mol. The molecule has 176 valence electrons. The quantitative estimate of drug-likeness (QED) is 0.300. The Hall–Kier alpha value is -3.41. The molecule has 3 rings (SSSR count). The molecule has 1 heterocycles. The molecule has 1 unspecified atom stereocenters. The summed E-state index contributed by atoms with van der Waals surface area (Å²) >= 11 is 0. The normalized spacial score (nSPS) is 13.1. The number of carbonyl (C=O) groups is 2. The summed E-state index contributed by atoms with van der Waals surface area (Å²) < 4.78 is 26.3. The van der Waals surface area contributed by atoms with Crippen molar-refractivity contribution in [1.29, 1.82) is 0 Å². The van der Waals surface area contributed by atoms with E-state index in [-0.39, 0.29) is 5.82 Å². The molecule has 6 nitrogen and oxygen atoms in total. The van der Waals surface area contributed by atoms with E-state index in [4.69, 9.17) is 10.1 Å². The van der Waals surface area contributed by atoms with Crippen molar-refractivity contribution in [3.05, 3.63) is 83.1 Å². The third kappa shape index (κ3) is 6.13. The molecule has 2 N–H and O–H groups in total. The van der Waals surface area contributed by atoms with Gasteiger partial charge < -0.3 is 10.00 Å². The number of hydrogen-bond donors (Lipinski definition) is 2. The van der Waals surface area contributed by atoms with Gasteiger partial charge in [-0.1, -0.05) is 49.4 Å². The molecule has 34 heavy (non-hydrogen) atoms. The summed E-state index contributed by atoms with van der Waals surface area (Å²) in [7, 11) is -4.09. The first-order chi connectivity index (χ1) is 16.1. The van der Waals surface area contributed by atoms with Gasteiger partial charge in [-0.05, 0) is 48.2 Å². The fourth-order valence-corrected chi connectivity index (χ4v) is 4.88. The highest BCUT2D eigenvalue weighted by Gasteiger charge is 2.23. The minimum absolute atomic E-state index is 0.386. The third-order valence-electron chi connectivity index (χ3n) is 5.30. The maximum absolute atomic E-state index is 13.6. The summed E-state index contributed by atoms with van der Waals surface area (Å²) in [4.78, 5) is 37.6. The number of pyridine rings is 1. The van der Waals surface area contributed by atoms with Crippen LogP contribution in [0.2, 0.25) is 0 Å². The summed E-state index contributed by atoms with van der Waals surface area (Å²) in [6, 6.07) is 15.6. The summed E-state index contributed by atoms with van der Waals surface area (Å²) in [5, 5.41) is 8.74. The van der Waals surface area contributed by atoms with Crippen LogP contribution in [0.15, 0.2) is 60.4 Å². The van der Waals surface area contributed by atoms with Gasteiger partial charge in [0.05, 0.1) is 11.9 Å². The third-order valence-corrected chi connectivity index (χ3v) is 6.72. The van der Waals surface area contributed by atoms with Crippen molar-refractivity contribution in [1.82, 2.24) is 4.98 Å². The molecule has 0 saturated heterocycles. The predicted octanol–water partition coefficient (Wildman–Crippen LogP) is 5.71. The summed E-state index contributed by atoms with van der Waals surface area (Å²) in [6.07, 6.45) is 0.395.